The summed E-state index contributed by atoms with van der Waals surface area (Å²) in [4.78, 5) is 19.8. The molecule has 2 N–H and O–H groups in total. The predicted octanol–water partition coefficient (Wildman–Crippen LogP) is 4.14. The second-order valence-corrected chi connectivity index (χ2v) is 8.59. The Kier molecular flexibility index (Phi) is 5.86. The molecule has 0 atom stereocenters. The first-order chi connectivity index (χ1) is 14.6. The number of aromatic nitrogens is 4. The van der Waals surface area contributed by atoms with Crippen molar-refractivity contribution in [1.29, 1.82) is 0 Å². The molecule has 0 aliphatic carbocycles. The van der Waals surface area contributed by atoms with Crippen LogP contribution in [0, 0.1) is 6.92 Å². The number of thioether (sulfide) groups is 1. The van der Waals surface area contributed by atoms with Gasteiger partial charge >= 0.3 is 0 Å². The first-order valence-corrected chi connectivity index (χ1v) is 10.8. The Bertz CT molecular complexity index is 1250. The molecule has 2 heterocycles. The molecule has 0 bridgehead atoms. The summed E-state index contributed by atoms with van der Waals surface area (Å²) < 4.78 is 11.3. The Morgan fingerprint density at radius 3 is 2.70 bits per heavy atom. The van der Waals surface area contributed by atoms with Crippen LogP contribution < -0.4 is 20.3 Å². The van der Waals surface area contributed by atoms with Crippen LogP contribution in [0.15, 0.2) is 45.5 Å². The van der Waals surface area contributed by atoms with E-state index in [2.05, 4.69) is 25.5 Å². The van der Waals surface area contributed by atoms with E-state index in [0.717, 1.165) is 10.0 Å². The number of nitrogens with zero attached hydrogens (tertiary/aromatic N) is 3. The lowest BCUT2D eigenvalue weighted by Crippen LogP contribution is -2.11. The highest BCUT2D eigenvalue weighted by Gasteiger charge is 2.12. The molecule has 0 aliphatic rings. The fraction of sp³-hybridized carbons (Fsp3) is 0.200. The number of aromatic amines is 1. The summed E-state index contributed by atoms with van der Waals surface area (Å²) in [7, 11) is 3.08. The van der Waals surface area contributed by atoms with E-state index in [4.69, 9.17) is 9.47 Å². The van der Waals surface area contributed by atoms with Crippen molar-refractivity contribution in [1.82, 2.24) is 20.2 Å². The van der Waals surface area contributed by atoms with E-state index in [1.807, 2.05) is 31.2 Å². The van der Waals surface area contributed by atoms with Gasteiger partial charge in [0.25, 0.3) is 5.56 Å². The fourth-order valence-corrected chi connectivity index (χ4v) is 4.52. The van der Waals surface area contributed by atoms with Crippen LogP contribution in [-0.4, -0.2) is 34.4 Å². The van der Waals surface area contributed by atoms with Gasteiger partial charge in [-0.05, 0) is 30.7 Å². The number of anilines is 2. The average molecular weight is 442 g/mol. The molecule has 0 spiro atoms. The maximum Gasteiger partial charge on any atom is 0.258 e. The second kappa shape index (κ2) is 8.72. The third-order valence-corrected chi connectivity index (χ3v) is 6.25. The number of benzene rings is 2. The minimum Gasteiger partial charge on any atom is -0.493 e. The third kappa shape index (κ3) is 4.39. The first kappa shape index (κ1) is 20.2. The van der Waals surface area contributed by atoms with Crippen molar-refractivity contribution in [2.75, 3.05) is 19.5 Å². The summed E-state index contributed by atoms with van der Waals surface area (Å²) in [6.07, 6.45) is 0. The zero-order valence-electron chi connectivity index (χ0n) is 16.6. The smallest absolute Gasteiger partial charge is 0.258 e. The van der Waals surface area contributed by atoms with Crippen molar-refractivity contribution in [2.24, 2.45) is 0 Å². The molecule has 0 saturated heterocycles. The number of ether oxygens (including phenoxy) is 2. The highest BCUT2D eigenvalue weighted by molar-refractivity contribution is 8.00. The zero-order valence-corrected chi connectivity index (χ0v) is 18.2. The molecule has 0 aliphatic heterocycles. The molecule has 0 unspecified atom stereocenters. The summed E-state index contributed by atoms with van der Waals surface area (Å²) in [5.41, 5.74) is 2.45. The monoisotopic (exact) mass is 441 g/mol. The van der Waals surface area contributed by atoms with Crippen molar-refractivity contribution in [3.8, 4) is 11.5 Å². The summed E-state index contributed by atoms with van der Waals surface area (Å²) in [5, 5.41) is 12.8. The van der Waals surface area contributed by atoms with Crippen LogP contribution in [0.1, 0.15) is 11.4 Å². The standard InChI is InChI=1S/C20H19N5O3S2/c1-11-5-4-6-12(7-11)21-19-24-25-20(30-19)29-10-17-22-14-9-16(28-3)15(27-2)8-13(14)18(26)23-17/h4-9H,10H2,1-3H3,(H,21,24)(H,22,23,26). The van der Waals surface area contributed by atoms with Gasteiger partial charge in [-0.3, -0.25) is 4.79 Å². The quantitative estimate of drug-likeness (QED) is 0.413. The van der Waals surface area contributed by atoms with Gasteiger partial charge in [0.15, 0.2) is 15.8 Å². The van der Waals surface area contributed by atoms with Crippen LogP contribution >= 0.6 is 23.1 Å². The number of nitrogens with one attached hydrogen (secondary N) is 2. The van der Waals surface area contributed by atoms with Gasteiger partial charge < -0.3 is 19.8 Å². The van der Waals surface area contributed by atoms with Gasteiger partial charge in [0.1, 0.15) is 5.82 Å². The van der Waals surface area contributed by atoms with Crippen LogP contribution in [0.3, 0.4) is 0 Å². The molecule has 0 radical (unpaired) electrons. The van der Waals surface area contributed by atoms with Gasteiger partial charge in [-0.1, -0.05) is 35.2 Å². The van der Waals surface area contributed by atoms with E-state index in [0.29, 0.717) is 39.1 Å². The van der Waals surface area contributed by atoms with Gasteiger partial charge in [-0.2, -0.15) is 0 Å². The SMILES string of the molecule is COc1cc2nc(CSc3nnc(Nc4cccc(C)c4)s3)[nH]c(=O)c2cc1OC. The highest BCUT2D eigenvalue weighted by atomic mass is 32.2. The van der Waals surface area contributed by atoms with E-state index < -0.39 is 0 Å². The Labute approximate surface area is 180 Å². The van der Waals surface area contributed by atoms with Gasteiger partial charge in [-0.25, -0.2) is 4.98 Å². The Morgan fingerprint density at radius 2 is 1.93 bits per heavy atom. The molecule has 2 aromatic heterocycles. The maximum absolute atomic E-state index is 12.5. The normalized spacial score (nSPS) is 10.9. The highest BCUT2D eigenvalue weighted by Crippen LogP contribution is 2.31. The molecular weight excluding hydrogens is 422 g/mol. The number of fused-ring (bicyclic) bond motifs is 1. The van der Waals surface area contributed by atoms with Gasteiger partial charge in [-0.15, -0.1) is 10.2 Å². The van der Waals surface area contributed by atoms with E-state index >= 15 is 0 Å². The number of methoxy groups -OCH3 is 2. The van der Waals surface area contributed by atoms with Crippen LogP contribution in [0.2, 0.25) is 0 Å². The average Bonchev–Trinajstić information content (AvgIpc) is 3.18. The predicted molar refractivity (Wildman–Crippen MR) is 119 cm³/mol. The van der Waals surface area contributed by atoms with Crippen LogP contribution in [0.5, 0.6) is 11.5 Å². The largest absolute Gasteiger partial charge is 0.493 e. The minimum absolute atomic E-state index is 0.226. The van der Waals surface area contributed by atoms with E-state index in [9.17, 15) is 4.79 Å². The van der Waals surface area contributed by atoms with Crippen molar-refractivity contribution < 1.29 is 9.47 Å². The van der Waals surface area contributed by atoms with Crippen molar-refractivity contribution in [2.45, 2.75) is 17.0 Å². The molecule has 10 heteroatoms. The molecule has 2 aromatic carbocycles. The summed E-state index contributed by atoms with van der Waals surface area (Å²) in [5.74, 6) is 2.02. The molecule has 0 amide bonds. The zero-order chi connectivity index (χ0) is 21.1. The molecule has 30 heavy (non-hydrogen) atoms. The Balaban J connectivity index is 1.50. The number of rotatable bonds is 7. The second-order valence-electron chi connectivity index (χ2n) is 6.39. The summed E-state index contributed by atoms with van der Waals surface area (Å²) >= 11 is 2.90. The van der Waals surface area contributed by atoms with Gasteiger partial charge in [0.2, 0.25) is 5.13 Å². The van der Waals surface area contributed by atoms with E-state index in [1.165, 1.54) is 35.8 Å². The number of aryl methyl sites for hydroxylation is 1. The molecule has 4 aromatic rings. The first-order valence-electron chi connectivity index (χ1n) is 9.00. The molecule has 8 nitrogen and oxygen atoms in total. The molecule has 4 rings (SSSR count). The lowest BCUT2D eigenvalue weighted by atomic mass is 10.2. The lowest BCUT2D eigenvalue weighted by Gasteiger charge is -2.09. The van der Waals surface area contributed by atoms with Crippen molar-refractivity contribution in [3.63, 3.8) is 0 Å². The van der Waals surface area contributed by atoms with Crippen LogP contribution in [0.4, 0.5) is 10.8 Å². The maximum atomic E-state index is 12.5. The summed E-state index contributed by atoms with van der Waals surface area (Å²) in [6.45, 7) is 2.04. The van der Waals surface area contributed by atoms with Crippen molar-refractivity contribution >= 4 is 44.8 Å². The van der Waals surface area contributed by atoms with Crippen LogP contribution in [0.25, 0.3) is 10.9 Å². The lowest BCUT2D eigenvalue weighted by molar-refractivity contribution is 0.355. The fourth-order valence-electron chi connectivity index (χ4n) is 2.88. The van der Waals surface area contributed by atoms with Crippen molar-refractivity contribution in [3.05, 3.63) is 58.1 Å². The Hall–Kier alpha value is -3.11. The molecule has 154 valence electrons. The number of hydrogen-bond donors (Lipinski definition) is 2. The molecular formula is C20H19N5O3S2. The minimum atomic E-state index is -0.226. The topological polar surface area (TPSA) is 102 Å². The van der Waals surface area contributed by atoms with Gasteiger partial charge in [0.05, 0.1) is 30.9 Å². The number of hydrogen-bond acceptors (Lipinski definition) is 9. The van der Waals surface area contributed by atoms with Crippen LogP contribution in [-0.2, 0) is 5.75 Å². The number of H-pyrrole nitrogens is 1. The summed E-state index contributed by atoms with van der Waals surface area (Å²) in [6, 6.07) is 11.4. The van der Waals surface area contributed by atoms with E-state index in [1.54, 1.807) is 19.2 Å². The third-order valence-electron chi connectivity index (χ3n) is 4.27. The Morgan fingerprint density at radius 1 is 1.13 bits per heavy atom. The molecule has 0 saturated carbocycles. The van der Waals surface area contributed by atoms with E-state index in [-0.39, 0.29) is 5.56 Å². The van der Waals surface area contributed by atoms with Gasteiger partial charge in [0, 0.05) is 11.8 Å². The molecule has 0 fully saturated rings.